The third-order valence-electron chi connectivity index (χ3n) is 7.14. The Balaban J connectivity index is 1.42. The molecule has 8 nitrogen and oxygen atoms in total. The van der Waals surface area contributed by atoms with Crippen LogP contribution < -0.4 is 10.6 Å². The number of hydrogen-bond acceptors (Lipinski definition) is 7. The normalized spacial score (nSPS) is 18.6. The number of alkyl halides is 6. The van der Waals surface area contributed by atoms with Crippen molar-refractivity contribution in [2.24, 2.45) is 0 Å². The first kappa shape index (κ1) is 34.0. The van der Waals surface area contributed by atoms with Crippen LogP contribution in [0.4, 0.5) is 37.0 Å². The van der Waals surface area contributed by atoms with E-state index in [4.69, 9.17) is 4.74 Å². The van der Waals surface area contributed by atoms with E-state index in [-0.39, 0.29) is 16.8 Å². The summed E-state index contributed by atoms with van der Waals surface area (Å²) in [4.78, 5) is 19.8. The molecule has 1 amide bonds. The molecule has 1 saturated carbocycles. The van der Waals surface area contributed by atoms with Crippen molar-refractivity contribution < 1.29 is 44.3 Å². The maximum atomic E-state index is 13.9. The van der Waals surface area contributed by atoms with Crippen LogP contribution in [0.2, 0.25) is 0 Å². The summed E-state index contributed by atoms with van der Waals surface area (Å²) in [6.45, 7) is 4.56. The summed E-state index contributed by atoms with van der Waals surface area (Å²) in [6, 6.07) is 7.95. The lowest BCUT2D eigenvalue weighted by Crippen LogP contribution is -2.41. The number of ether oxygens (including phenoxy) is 1. The molecule has 2 aromatic heterocycles. The van der Waals surface area contributed by atoms with Gasteiger partial charge in [-0.25, -0.2) is 18.2 Å². The molecule has 2 heterocycles. The maximum absolute atomic E-state index is 13.9. The van der Waals surface area contributed by atoms with Crippen molar-refractivity contribution in [1.29, 1.82) is 0 Å². The number of benzene rings is 1. The molecule has 244 valence electrons. The van der Waals surface area contributed by atoms with Crippen molar-refractivity contribution in [1.82, 2.24) is 15.3 Å². The summed E-state index contributed by atoms with van der Waals surface area (Å²) in [5.74, 6) is 0.270. The summed E-state index contributed by atoms with van der Waals surface area (Å²) >= 11 is 0. The van der Waals surface area contributed by atoms with Crippen molar-refractivity contribution in [3.05, 3.63) is 72.2 Å². The Bertz CT molecular complexity index is 1580. The Hall–Kier alpha value is -3.88. The summed E-state index contributed by atoms with van der Waals surface area (Å²) in [6.07, 6.45) is -7.16. The number of carbonyl (C=O) groups excluding carboxylic acids is 1. The van der Waals surface area contributed by atoms with Crippen LogP contribution in [0.25, 0.3) is 11.1 Å². The van der Waals surface area contributed by atoms with E-state index in [0.717, 1.165) is 18.5 Å². The Kier molecular flexibility index (Phi) is 9.71. The average Bonchev–Trinajstić information content (AvgIpc) is 2.95. The van der Waals surface area contributed by atoms with Gasteiger partial charge < -0.3 is 15.4 Å². The number of nitrogens with zero attached hydrogens (tertiary/aromatic N) is 2. The molecule has 1 aliphatic carbocycles. The molecule has 1 unspecified atom stereocenters. The van der Waals surface area contributed by atoms with E-state index < -0.39 is 56.4 Å². The van der Waals surface area contributed by atoms with E-state index in [1.165, 1.54) is 63.2 Å². The number of rotatable bonds is 7. The van der Waals surface area contributed by atoms with Gasteiger partial charge in [-0.1, -0.05) is 12.1 Å². The lowest BCUT2D eigenvalue weighted by Gasteiger charge is -2.29. The molecule has 1 fully saturated rings. The molecule has 0 radical (unpaired) electrons. The van der Waals surface area contributed by atoms with Crippen molar-refractivity contribution in [3.63, 3.8) is 0 Å². The van der Waals surface area contributed by atoms with Gasteiger partial charge in [0.1, 0.15) is 11.4 Å². The van der Waals surface area contributed by atoms with Crippen LogP contribution in [0.15, 0.2) is 65.8 Å². The quantitative estimate of drug-likeness (QED) is 0.253. The van der Waals surface area contributed by atoms with Gasteiger partial charge in [-0.3, -0.25) is 4.98 Å². The van der Waals surface area contributed by atoms with Crippen LogP contribution in [-0.4, -0.2) is 47.5 Å². The zero-order valence-electron chi connectivity index (χ0n) is 24.5. The number of pyridine rings is 2. The standard InChI is InChI=1S/C30H32F6N4O4S/c1-28(2,3)44-27(41)40-26(30(34,35)36)24-16-19(14-15-37-24)18-4-9-22(10-5-18)45(42,43)23-11-7-21(8-12-23)39-25-13-6-20(17-38-25)29(31,32)33/h4-6,9-10,13-17,21,23,26H,7-8,11-12H2,1-3H3,(H,38,39)(H,40,41). The smallest absolute Gasteiger partial charge is 0.417 e. The highest BCUT2D eigenvalue weighted by Gasteiger charge is 2.44. The third kappa shape index (κ3) is 8.86. The number of aromatic nitrogens is 2. The van der Waals surface area contributed by atoms with Crippen molar-refractivity contribution in [2.75, 3.05) is 5.32 Å². The second-order valence-electron chi connectivity index (χ2n) is 11.7. The fourth-order valence-corrected chi connectivity index (χ4v) is 6.73. The van der Waals surface area contributed by atoms with Gasteiger partial charge in [0.15, 0.2) is 15.9 Å². The van der Waals surface area contributed by atoms with Gasteiger partial charge in [0.05, 0.1) is 21.4 Å². The molecule has 1 atom stereocenters. The highest BCUT2D eigenvalue weighted by Crippen LogP contribution is 2.35. The number of nitrogens with one attached hydrogen (secondary N) is 2. The molecular formula is C30H32F6N4O4S. The Morgan fingerprint density at radius 2 is 1.53 bits per heavy atom. The van der Waals surface area contributed by atoms with Crippen molar-refractivity contribution >= 4 is 21.7 Å². The predicted octanol–water partition coefficient (Wildman–Crippen LogP) is 7.49. The minimum Gasteiger partial charge on any atom is -0.444 e. The van der Waals surface area contributed by atoms with E-state index in [1.807, 2.05) is 5.32 Å². The number of sulfone groups is 1. The molecule has 0 bridgehead atoms. The summed E-state index contributed by atoms with van der Waals surface area (Å²) < 4.78 is 112. The molecule has 4 rings (SSSR count). The molecule has 0 spiro atoms. The van der Waals surface area contributed by atoms with E-state index in [2.05, 4.69) is 15.3 Å². The number of amides is 1. The molecule has 0 aliphatic heterocycles. The fourth-order valence-electron chi connectivity index (χ4n) is 4.94. The lowest BCUT2D eigenvalue weighted by molar-refractivity contribution is -0.157. The van der Waals surface area contributed by atoms with Crippen molar-refractivity contribution in [3.8, 4) is 11.1 Å². The average molecular weight is 659 g/mol. The molecule has 0 saturated heterocycles. The number of anilines is 1. The van der Waals surface area contributed by atoms with Gasteiger partial charge in [0, 0.05) is 18.4 Å². The monoisotopic (exact) mass is 658 g/mol. The SMILES string of the molecule is CC(C)(C)OC(=O)NC(c1cc(-c2ccc(S(=O)(=O)C3CCC(Nc4ccc(C(F)(F)F)cn4)CC3)cc2)ccn1)C(F)(F)F. The van der Waals surface area contributed by atoms with E-state index in [9.17, 15) is 39.6 Å². The molecule has 2 N–H and O–H groups in total. The second-order valence-corrected chi connectivity index (χ2v) is 13.9. The Morgan fingerprint density at radius 1 is 0.889 bits per heavy atom. The van der Waals surface area contributed by atoms with Gasteiger partial charge in [-0.05, 0) is 94.0 Å². The highest BCUT2D eigenvalue weighted by atomic mass is 32.2. The zero-order valence-corrected chi connectivity index (χ0v) is 25.4. The molecular weight excluding hydrogens is 626 g/mol. The highest BCUT2D eigenvalue weighted by molar-refractivity contribution is 7.92. The van der Waals surface area contributed by atoms with E-state index >= 15 is 0 Å². The maximum Gasteiger partial charge on any atom is 0.417 e. The van der Waals surface area contributed by atoms with Gasteiger partial charge in [-0.2, -0.15) is 26.3 Å². The molecule has 3 aromatic rings. The molecule has 45 heavy (non-hydrogen) atoms. The van der Waals surface area contributed by atoms with Crippen LogP contribution in [0.3, 0.4) is 0 Å². The number of carbonyl (C=O) groups is 1. The number of alkyl carbamates (subject to hydrolysis) is 1. The minimum atomic E-state index is -4.87. The van der Waals surface area contributed by atoms with Gasteiger partial charge in [0.2, 0.25) is 0 Å². The van der Waals surface area contributed by atoms with Crippen LogP contribution in [0.1, 0.15) is 63.8 Å². The first-order chi connectivity index (χ1) is 20.8. The molecule has 15 heteroatoms. The van der Waals surface area contributed by atoms with Gasteiger partial charge >= 0.3 is 18.4 Å². The summed E-state index contributed by atoms with van der Waals surface area (Å²) in [5.41, 5.74) is -1.58. The molecule has 1 aliphatic rings. The lowest BCUT2D eigenvalue weighted by atomic mass is 9.95. The zero-order chi connectivity index (χ0) is 33.2. The Labute approximate surface area is 256 Å². The number of hydrogen-bond donors (Lipinski definition) is 2. The third-order valence-corrected chi connectivity index (χ3v) is 9.42. The minimum absolute atomic E-state index is 0.0566. The van der Waals surface area contributed by atoms with Gasteiger partial charge in [0.25, 0.3) is 0 Å². The second kappa shape index (κ2) is 12.9. The van der Waals surface area contributed by atoms with Crippen LogP contribution in [0.5, 0.6) is 0 Å². The fraction of sp³-hybridized carbons (Fsp3) is 0.433. The largest absolute Gasteiger partial charge is 0.444 e. The first-order valence-electron chi connectivity index (χ1n) is 14.0. The Morgan fingerprint density at radius 3 is 2.07 bits per heavy atom. The van der Waals surface area contributed by atoms with Crippen LogP contribution in [0, 0.1) is 0 Å². The first-order valence-corrected chi connectivity index (χ1v) is 15.5. The predicted molar refractivity (Wildman–Crippen MR) is 154 cm³/mol. The van der Waals surface area contributed by atoms with E-state index in [1.54, 1.807) is 0 Å². The van der Waals surface area contributed by atoms with Crippen LogP contribution >= 0.6 is 0 Å². The van der Waals surface area contributed by atoms with Crippen LogP contribution in [-0.2, 0) is 20.8 Å². The van der Waals surface area contributed by atoms with Gasteiger partial charge in [-0.15, -0.1) is 0 Å². The summed E-state index contributed by atoms with van der Waals surface area (Å²) in [5, 5.41) is 4.20. The topological polar surface area (TPSA) is 110 Å². The summed E-state index contributed by atoms with van der Waals surface area (Å²) in [7, 11) is -3.74. The number of halogens is 6. The van der Waals surface area contributed by atoms with Crippen molar-refractivity contribution in [2.45, 2.75) is 86.6 Å². The van der Waals surface area contributed by atoms with E-state index in [0.29, 0.717) is 36.8 Å². The molecule has 1 aromatic carbocycles.